The number of anilines is 2. The van der Waals surface area contributed by atoms with E-state index in [1.54, 1.807) is 6.08 Å². The van der Waals surface area contributed by atoms with Crippen molar-refractivity contribution in [2.24, 2.45) is 0 Å². The number of nitrogens with zero attached hydrogens (tertiary/aromatic N) is 2. The summed E-state index contributed by atoms with van der Waals surface area (Å²) >= 11 is 0. The van der Waals surface area contributed by atoms with Gasteiger partial charge in [-0.2, -0.15) is 5.26 Å². The summed E-state index contributed by atoms with van der Waals surface area (Å²) in [5.74, 6) is -0.409. The monoisotopic (exact) mass is 347 g/mol. The predicted molar refractivity (Wildman–Crippen MR) is 103 cm³/mol. The third-order valence-corrected chi connectivity index (χ3v) is 4.25. The Morgan fingerprint density at radius 1 is 1.12 bits per heavy atom. The van der Waals surface area contributed by atoms with E-state index in [1.807, 2.05) is 61.5 Å². The van der Waals surface area contributed by atoms with Gasteiger partial charge in [-0.05, 0) is 42.8 Å². The molecule has 1 saturated heterocycles. The first-order valence-corrected chi connectivity index (χ1v) is 8.58. The molecule has 1 aliphatic heterocycles. The lowest BCUT2D eigenvalue weighted by Crippen LogP contribution is -2.36. The first-order valence-electron chi connectivity index (χ1n) is 8.58. The maximum absolute atomic E-state index is 12.3. The summed E-state index contributed by atoms with van der Waals surface area (Å²) in [7, 11) is 0. The van der Waals surface area contributed by atoms with E-state index in [0.29, 0.717) is 5.69 Å². The number of carbonyl (C=O) groups is 1. The third-order valence-electron chi connectivity index (χ3n) is 4.25. The highest BCUT2D eigenvalue weighted by Crippen LogP contribution is 2.18. The van der Waals surface area contributed by atoms with Crippen molar-refractivity contribution in [1.82, 2.24) is 0 Å². The van der Waals surface area contributed by atoms with Gasteiger partial charge in [0.15, 0.2) is 0 Å². The van der Waals surface area contributed by atoms with Crippen molar-refractivity contribution < 1.29 is 9.53 Å². The summed E-state index contributed by atoms with van der Waals surface area (Å²) in [5.41, 5.74) is 3.79. The van der Waals surface area contributed by atoms with E-state index in [-0.39, 0.29) is 5.57 Å². The summed E-state index contributed by atoms with van der Waals surface area (Å²) < 4.78 is 5.36. The van der Waals surface area contributed by atoms with Crippen molar-refractivity contribution in [3.05, 3.63) is 65.2 Å². The zero-order valence-corrected chi connectivity index (χ0v) is 14.7. The minimum atomic E-state index is -0.409. The largest absolute Gasteiger partial charge is 0.378 e. The predicted octanol–water partition coefficient (Wildman–Crippen LogP) is 3.38. The van der Waals surface area contributed by atoms with Gasteiger partial charge in [0.25, 0.3) is 5.91 Å². The number of aryl methyl sites for hydroxylation is 1. The highest BCUT2D eigenvalue weighted by Gasteiger charge is 2.12. The number of ether oxygens (including phenoxy) is 1. The van der Waals surface area contributed by atoms with Crippen molar-refractivity contribution in [1.29, 1.82) is 5.26 Å². The molecule has 5 heteroatoms. The van der Waals surface area contributed by atoms with Crippen LogP contribution in [0.2, 0.25) is 0 Å². The van der Waals surface area contributed by atoms with Crippen LogP contribution in [0.1, 0.15) is 11.1 Å². The molecule has 1 N–H and O–H groups in total. The van der Waals surface area contributed by atoms with Crippen molar-refractivity contribution in [3.8, 4) is 6.07 Å². The molecule has 0 saturated carbocycles. The van der Waals surface area contributed by atoms with Crippen LogP contribution in [0.3, 0.4) is 0 Å². The smallest absolute Gasteiger partial charge is 0.266 e. The van der Waals surface area contributed by atoms with E-state index < -0.39 is 5.91 Å². The van der Waals surface area contributed by atoms with E-state index >= 15 is 0 Å². The lowest BCUT2D eigenvalue weighted by atomic mass is 10.1. The molecule has 26 heavy (non-hydrogen) atoms. The molecule has 132 valence electrons. The van der Waals surface area contributed by atoms with E-state index in [1.165, 1.54) is 0 Å². The number of hydrogen-bond donors (Lipinski definition) is 1. The van der Waals surface area contributed by atoms with Crippen LogP contribution >= 0.6 is 0 Å². The Morgan fingerprint density at radius 2 is 1.77 bits per heavy atom. The molecule has 0 bridgehead atoms. The average molecular weight is 347 g/mol. The molecule has 1 fully saturated rings. The fraction of sp³-hybridized carbons (Fsp3) is 0.238. The summed E-state index contributed by atoms with van der Waals surface area (Å²) in [5, 5.41) is 12.1. The van der Waals surface area contributed by atoms with Gasteiger partial charge >= 0.3 is 0 Å². The second-order valence-electron chi connectivity index (χ2n) is 6.18. The average Bonchev–Trinajstić information content (AvgIpc) is 2.69. The number of nitriles is 1. The van der Waals surface area contributed by atoms with Crippen LogP contribution in [-0.2, 0) is 9.53 Å². The second-order valence-corrected chi connectivity index (χ2v) is 6.18. The van der Waals surface area contributed by atoms with Crippen LogP contribution in [0.4, 0.5) is 11.4 Å². The molecule has 0 aromatic heterocycles. The molecule has 2 aromatic carbocycles. The fourth-order valence-corrected chi connectivity index (χ4v) is 2.75. The first kappa shape index (κ1) is 17.7. The minimum Gasteiger partial charge on any atom is -0.378 e. The fourth-order valence-electron chi connectivity index (χ4n) is 2.75. The number of rotatable bonds is 4. The van der Waals surface area contributed by atoms with Crippen LogP contribution < -0.4 is 10.2 Å². The minimum absolute atomic E-state index is 0.0738. The molecular weight excluding hydrogens is 326 g/mol. The topological polar surface area (TPSA) is 65.4 Å². The lowest BCUT2D eigenvalue weighted by molar-refractivity contribution is -0.112. The molecule has 2 aromatic rings. The normalized spacial score (nSPS) is 14.6. The molecule has 0 aliphatic carbocycles. The number of amides is 1. The van der Waals surface area contributed by atoms with Crippen molar-refractivity contribution in [2.75, 3.05) is 36.5 Å². The summed E-state index contributed by atoms with van der Waals surface area (Å²) in [6.45, 7) is 5.20. The number of benzene rings is 2. The van der Waals surface area contributed by atoms with Gasteiger partial charge in [-0.15, -0.1) is 0 Å². The molecule has 3 rings (SSSR count). The van der Waals surface area contributed by atoms with Gasteiger partial charge in [0, 0.05) is 24.5 Å². The highest BCUT2D eigenvalue weighted by atomic mass is 16.5. The number of carbonyl (C=O) groups excluding carboxylic acids is 1. The molecule has 1 aliphatic rings. The third kappa shape index (κ3) is 4.50. The Labute approximate surface area is 153 Å². The maximum Gasteiger partial charge on any atom is 0.266 e. The first-order chi connectivity index (χ1) is 12.7. The van der Waals surface area contributed by atoms with Crippen LogP contribution in [0.25, 0.3) is 6.08 Å². The molecular formula is C21H21N3O2. The quantitative estimate of drug-likeness (QED) is 0.680. The Kier molecular flexibility index (Phi) is 5.67. The molecule has 1 amide bonds. The van der Waals surface area contributed by atoms with Gasteiger partial charge in [0.2, 0.25) is 0 Å². The molecule has 0 unspecified atom stereocenters. The summed E-state index contributed by atoms with van der Waals surface area (Å²) in [4.78, 5) is 14.6. The number of morpholine rings is 1. The van der Waals surface area contributed by atoms with Crippen LogP contribution in [0.15, 0.2) is 54.1 Å². The van der Waals surface area contributed by atoms with Crippen LogP contribution in [-0.4, -0.2) is 32.2 Å². The Bertz CT molecular complexity index is 827. The van der Waals surface area contributed by atoms with Crippen LogP contribution in [0, 0.1) is 18.3 Å². The van der Waals surface area contributed by atoms with Gasteiger partial charge in [-0.25, -0.2) is 0 Å². The van der Waals surface area contributed by atoms with E-state index in [0.717, 1.165) is 43.1 Å². The lowest BCUT2D eigenvalue weighted by Gasteiger charge is -2.28. The van der Waals surface area contributed by atoms with Crippen molar-refractivity contribution in [3.63, 3.8) is 0 Å². The maximum atomic E-state index is 12.3. The van der Waals surface area contributed by atoms with Gasteiger partial charge in [0.05, 0.1) is 13.2 Å². The summed E-state index contributed by atoms with van der Waals surface area (Å²) in [6, 6.07) is 17.3. The SMILES string of the molecule is Cc1ccc(NC(=O)C(C#N)=Cc2ccc(N3CCOCC3)cc2)cc1. The van der Waals surface area contributed by atoms with Crippen molar-refractivity contribution >= 4 is 23.4 Å². The van der Waals surface area contributed by atoms with E-state index in [2.05, 4.69) is 10.2 Å². The number of nitrogens with one attached hydrogen (secondary N) is 1. The van der Waals surface area contributed by atoms with Gasteiger partial charge in [-0.3, -0.25) is 4.79 Å². The number of hydrogen-bond acceptors (Lipinski definition) is 4. The Balaban J connectivity index is 1.70. The van der Waals surface area contributed by atoms with Gasteiger partial charge in [-0.1, -0.05) is 29.8 Å². The van der Waals surface area contributed by atoms with E-state index in [4.69, 9.17) is 4.74 Å². The highest BCUT2D eigenvalue weighted by molar-refractivity contribution is 6.09. The standard InChI is InChI=1S/C21H21N3O2/c1-16-2-6-19(7-3-16)23-21(25)18(15-22)14-17-4-8-20(9-5-17)24-10-12-26-13-11-24/h2-9,14H,10-13H2,1H3,(H,23,25). The summed E-state index contributed by atoms with van der Waals surface area (Å²) in [6.07, 6.45) is 1.60. The molecule has 0 spiro atoms. The molecule has 0 radical (unpaired) electrons. The Hall–Kier alpha value is -3.10. The van der Waals surface area contributed by atoms with Crippen LogP contribution in [0.5, 0.6) is 0 Å². The molecule has 5 nitrogen and oxygen atoms in total. The molecule has 1 heterocycles. The van der Waals surface area contributed by atoms with E-state index in [9.17, 15) is 10.1 Å². The van der Waals surface area contributed by atoms with Gasteiger partial charge in [0.1, 0.15) is 11.6 Å². The molecule has 0 atom stereocenters. The van der Waals surface area contributed by atoms with Gasteiger partial charge < -0.3 is 15.0 Å². The Morgan fingerprint density at radius 3 is 2.38 bits per heavy atom. The zero-order chi connectivity index (χ0) is 18.4. The second kappa shape index (κ2) is 8.32. The van der Waals surface area contributed by atoms with Crippen molar-refractivity contribution in [2.45, 2.75) is 6.92 Å². The zero-order valence-electron chi connectivity index (χ0n) is 14.7.